The van der Waals surface area contributed by atoms with Gasteiger partial charge in [0.15, 0.2) is 0 Å². The van der Waals surface area contributed by atoms with Gasteiger partial charge in [0.25, 0.3) is 0 Å². The minimum absolute atomic E-state index is 0.216. The van der Waals surface area contributed by atoms with Crippen LogP contribution in [0.5, 0.6) is 0 Å². The van der Waals surface area contributed by atoms with Crippen LogP contribution in [0, 0.1) is 17.8 Å². The van der Waals surface area contributed by atoms with E-state index in [2.05, 4.69) is 48.5 Å². The fraction of sp³-hybridized carbons (Fsp3) is 0.500. The molecule has 0 spiro atoms. The number of benzene rings is 1. The highest BCUT2D eigenvalue weighted by atomic mass is 15.2. The Morgan fingerprint density at radius 1 is 1.14 bits per heavy atom. The average Bonchev–Trinajstić information content (AvgIpc) is 2.52. The average molecular weight is 283 g/mol. The summed E-state index contributed by atoms with van der Waals surface area (Å²) in [7, 11) is 0. The summed E-state index contributed by atoms with van der Waals surface area (Å²) in [6.45, 7) is 4.74. The Bertz CT molecular complexity index is 605. The Hall–Kier alpha value is -1.45. The Balaban J connectivity index is 1.95. The second-order valence-electron chi connectivity index (χ2n) is 6.59. The van der Waals surface area contributed by atoms with Crippen molar-refractivity contribution in [2.45, 2.75) is 39.2 Å². The van der Waals surface area contributed by atoms with Gasteiger partial charge in [-0.25, -0.2) is 0 Å². The summed E-state index contributed by atoms with van der Waals surface area (Å²) >= 11 is 0. The molecule has 0 aliphatic heterocycles. The van der Waals surface area contributed by atoms with E-state index in [1.54, 1.807) is 0 Å². The predicted molar refractivity (Wildman–Crippen MR) is 87.5 cm³/mol. The maximum Gasteiger partial charge on any atom is 0.0705 e. The number of nitrogens with one attached hydrogen (secondary N) is 1. The number of para-hydroxylation sites is 1. The molecule has 1 heterocycles. The van der Waals surface area contributed by atoms with E-state index < -0.39 is 0 Å². The molecule has 3 nitrogen and oxygen atoms in total. The molecular formula is C18H25N3. The van der Waals surface area contributed by atoms with Crippen molar-refractivity contribution in [3.63, 3.8) is 0 Å². The summed E-state index contributed by atoms with van der Waals surface area (Å²) in [4.78, 5) is 4.46. The third-order valence-electron chi connectivity index (χ3n) is 5.31. The molecule has 1 aliphatic carbocycles. The molecule has 1 aliphatic rings. The molecule has 3 rings (SSSR count). The van der Waals surface area contributed by atoms with Gasteiger partial charge in [-0.2, -0.15) is 0 Å². The molecule has 2 aromatic rings. The maximum absolute atomic E-state index is 5.94. The molecule has 3 N–H and O–H groups in total. The van der Waals surface area contributed by atoms with Crippen molar-refractivity contribution in [1.82, 2.24) is 10.4 Å². The van der Waals surface area contributed by atoms with Crippen LogP contribution in [0.4, 0.5) is 0 Å². The molecule has 0 radical (unpaired) electrons. The number of nitrogens with two attached hydrogens (primary N) is 1. The fourth-order valence-electron chi connectivity index (χ4n) is 3.76. The molecule has 3 heteroatoms. The first-order valence-electron chi connectivity index (χ1n) is 8.00. The molecule has 1 aromatic carbocycles. The quantitative estimate of drug-likeness (QED) is 0.665. The second kappa shape index (κ2) is 6.12. The van der Waals surface area contributed by atoms with Gasteiger partial charge in [-0.1, -0.05) is 38.5 Å². The minimum atomic E-state index is 0.216. The molecule has 1 aromatic heterocycles. The molecule has 1 saturated carbocycles. The van der Waals surface area contributed by atoms with Crippen LogP contribution in [0.2, 0.25) is 0 Å². The Kier molecular flexibility index (Phi) is 4.22. The van der Waals surface area contributed by atoms with Crippen LogP contribution in [0.1, 0.15) is 44.7 Å². The van der Waals surface area contributed by atoms with Crippen LogP contribution in [0.15, 0.2) is 36.5 Å². The van der Waals surface area contributed by atoms with Crippen LogP contribution >= 0.6 is 0 Å². The zero-order valence-corrected chi connectivity index (χ0v) is 12.9. The summed E-state index contributed by atoms with van der Waals surface area (Å²) in [5, 5.41) is 1.22. The smallest absolute Gasteiger partial charge is 0.0705 e. The van der Waals surface area contributed by atoms with Gasteiger partial charge >= 0.3 is 0 Å². The Labute approximate surface area is 126 Å². The van der Waals surface area contributed by atoms with E-state index in [0.717, 1.165) is 17.4 Å². The normalized spacial score (nSPS) is 27.7. The number of nitrogens with zero attached hydrogens (tertiary/aromatic N) is 1. The van der Waals surface area contributed by atoms with Crippen molar-refractivity contribution in [1.29, 1.82) is 0 Å². The van der Waals surface area contributed by atoms with Crippen LogP contribution in [0.25, 0.3) is 10.9 Å². The molecule has 0 amide bonds. The molecule has 4 atom stereocenters. The largest absolute Gasteiger partial charge is 0.271 e. The third-order valence-corrected chi connectivity index (χ3v) is 5.31. The van der Waals surface area contributed by atoms with Gasteiger partial charge in [-0.3, -0.25) is 16.3 Å². The first kappa shape index (κ1) is 14.5. The number of fused-ring (bicyclic) bond motifs is 1. The van der Waals surface area contributed by atoms with E-state index >= 15 is 0 Å². The number of hydrazine groups is 1. The SMILES string of the molecule is CC1CCC(C(NN)c2ccnc3ccccc23)CC1C. The van der Waals surface area contributed by atoms with Gasteiger partial charge in [0.05, 0.1) is 5.52 Å². The first-order chi connectivity index (χ1) is 10.2. The molecule has 1 fully saturated rings. The Morgan fingerprint density at radius 3 is 2.71 bits per heavy atom. The topological polar surface area (TPSA) is 50.9 Å². The third kappa shape index (κ3) is 2.81. The van der Waals surface area contributed by atoms with Crippen molar-refractivity contribution in [3.8, 4) is 0 Å². The van der Waals surface area contributed by atoms with Crippen molar-refractivity contribution >= 4 is 10.9 Å². The van der Waals surface area contributed by atoms with E-state index in [9.17, 15) is 0 Å². The highest BCUT2D eigenvalue weighted by Gasteiger charge is 2.31. The summed E-state index contributed by atoms with van der Waals surface area (Å²) < 4.78 is 0. The molecular weight excluding hydrogens is 258 g/mol. The fourth-order valence-corrected chi connectivity index (χ4v) is 3.76. The van der Waals surface area contributed by atoms with Gasteiger partial charge in [0, 0.05) is 17.6 Å². The van der Waals surface area contributed by atoms with Gasteiger partial charge in [0.1, 0.15) is 0 Å². The van der Waals surface area contributed by atoms with E-state index in [0.29, 0.717) is 5.92 Å². The lowest BCUT2D eigenvalue weighted by Crippen LogP contribution is -2.37. The first-order valence-corrected chi connectivity index (χ1v) is 8.00. The summed E-state index contributed by atoms with van der Waals surface area (Å²) in [5.74, 6) is 8.14. The molecule has 4 unspecified atom stereocenters. The molecule has 21 heavy (non-hydrogen) atoms. The lowest BCUT2D eigenvalue weighted by Gasteiger charge is -2.37. The van der Waals surface area contributed by atoms with Gasteiger partial charge in [0.2, 0.25) is 0 Å². The Morgan fingerprint density at radius 2 is 1.95 bits per heavy atom. The predicted octanol–water partition coefficient (Wildman–Crippen LogP) is 3.81. The molecule has 0 bridgehead atoms. The lowest BCUT2D eigenvalue weighted by molar-refractivity contribution is 0.172. The van der Waals surface area contributed by atoms with Crippen LogP contribution < -0.4 is 11.3 Å². The van der Waals surface area contributed by atoms with E-state index in [1.807, 2.05) is 12.3 Å². The standard InChI is InChI=1S/C18H25N3/c1-12-7-8-14(11-13(12)2)18(21-19)16-9-10-20-17-6-4-3-5-15(16)17/h3-6,9-10,12-14,18,21H,7-8,11,19H2,1-2H3. The summed E-state index contributed by atoms with van der Waals surface area (Å²) in [5.41, 5.74) is 5.42. The van der Waals surface area contributed by atoms with Crippen LogP contribution in [-0.2, 0) is 0 Å². The number of aromatic nitrogens is 1. The van der Waals surface area contributed by atoms with Gasteiger partial charge in [-0.15, -0.1) is 0 Å². The number of hydrogen-bond acceptors (Lipinski definition) is 3. The monoisotopic (exact) mass is 283 g/mol. The van der Waals surface area contributed by atoms with Gasteiger partial charge in [-0.05, 0) is 48.3 Å². The number of rotatable bonds is 3. The maximum atomic E-state index is 5.94. The van der Waals surface area contributed by atoms with Crippen molar-refractivity contribution in [2.24, 2.45) is 23.6 Å². The van der Waals surface area contributed by atoms with E-state index in [1.165, 1.54) is 30.2 Å². The van der Waals surface area contributed by atoms with Crippen molar-refractivity contribution < 1.29 is 0 Å². The van der Waals surface area contributed by atoms with E-state index in [-0.39, 0.29) is 6.04 Å². The van der Waals surface area contributed by atoms with Crippen LogP contribution in [-0.4, -0.2) is 4.98 Å². The molecule has 112 valence electrons. The van der Waals surface area contributed by atoms with Crippen LogP contribution in [0.3, 0.4) is 0 Å². The summed E-state index contributed by atoms with van der Waals surface area (Å²) in [6, 6.07) is 10.7. The van der Waals surface area contributed by atoms with Crippen molar-refractivity contribution in [3.05, 3.63) is 42.1 Å². The second-order valence-corrected chi connectivity index (χ2v) is 6.59. The zero-order valence-electron chi connectivity index (χ0n) is 12.9. The molecule has 0 saturated heterocycles. The highest BCUT2D eigenvalue weighted by molar-refractivity contribution is 5.82. The minimum Gasteiger partial charge on any atom is -0.271 e. The summed E-state index contributed by atoms with van der Waals surface area (Å²) in [6.07, 6.45) is 5.69. The van der Waals surface area contributed by atoms with Gasteiger partial charge < -0.3 is 0 Å². The number of hydrogen-bond donors (Lipinski definition) is 2. The lowest BCUT2D eigenvalue weighted by atomic mass is 9.72. The zero-order chi connectivity index (χ0) is 14.8. The number of pyridine rings is 1. The van der Waals surface area contributed by atoms with Crippen molar-refractivity contribution in [2.75, 3.05) is 0 Å². The van der Waals surface area contributed by atoms with E-state index in [4.69, 9.17) is 5.84 Å². The highest BCUT2D eigenvalue weighted by Crippen LogP contribution is 2.40.